The molecule has 1 aliphatic heterocycles. The van der Waals surface area contributed by atoms with Crippen LogP contribution < -0.4 is 10.2 Å². The van der Waals surface area contributed by atoms with Crippen molar-refractivity contribution in [3.63, 3.8) is 0 Å². The first-order valence-corrected chi connectivity index (χ1v) is 7.42. The standard InChI is InChI=1S/C17H14N2O3S/c1-10-5-3-4-6-14(10)19-16(21)13(15(20)18-17(19)23)9-12-8-7-11(2)22-12/h3-9H,1-2H3,(H,18,20,23). The summed E-state index contributed by atoms with van der Waals surface area (Å²) in [6, 6.07) is 10.8. The molecule has 0 bridgehead atoms. The average molecular weight is 326 g/mol. The van der Waals surface area contributed by atoms with E-state index >= 15 is 0 Å². The quantitative estimate of drug-likeness (QED) is 0.524. The number of hydrogen-bond donors (Lipinski definition) is 1. The molecule has 1 aromatic carbocycles. The van der Waals surface area contributed by atoms with E-state index in [1.54, 1.807) is 25.1 Å². The van der Waals surface area contributed by atoms with Crippen LogP contribution in [0.25, 0.3) is 6.08 Å². The summed E-state index contributed by atoms with van der Waals surface area (Å²) in [7, 11) is 0. The van der Waals surface area contributed by atoms with E-state index in [1.807, 2.05) is 25.1 Å². The fraction of sp³-hybridized carbons (Fsp3) is 0.118. The van der Waals surface area contributed by atoms with Gasteiger partial charge in [-0.2, -0.15) is 0 Å². The number of anilines is 1. The molecular weight excluding hydrogens is 312 g/mol. The zero-order chi connectivity index (χ0) is 16.6. The second-order valence-electron chi connectivity index (χ2n) is 5.19. The van der Waals surface area contributed by atoms with Crippen LogP contribution in [-0.4, -0.2) is 16.9 Å². The normalized spacial score (nSPS) is 16.9. The molecule has 2 heterocycles. The Bertz CT molecular complexity index is 851. The lowest BCUT2D eigenvalue weighted by atomic mass is 10.1. The molecule has 0 unspecified atom stereocenters. The van der Waals surface area contributed by atoms with Crippen molar-refractivity contribution in [1.82, 2.24) is 5.32 Å². The third kappa shape index (κ3) is 2.80. The maximum absolute atomic E-state index is 12.8. The van der Waals surface area contributed by atoms with Gasteiger partial charge in [-0.3, -0.25) is 19.8 Å². The van der Waals surface area contributed by atoms with Gasteiger partial charge in [-0.15, -0.1) is 0 Å². The minimum atomic E-state index is -0.529. The number of para-hydroxylation sites is 1. The van der Waals surface area contributed by atoms with Crippen LogP contribution in [0.4, 0.5) is 5.69 Å². The van der Waals surface area contributed by atoms with E-state index in [0.29, 0.717) is 17.2 Å². The maximum Gasteiger partial charge on any atom is 0.270 e. The molecule has 1 saturated heterocycles. The lowest BCUT2D eigenvalue weighted by Crippen LogP contribution is -2.54. The van der Waals surface area contributed by atoms with Crippen LogP contribution in [0.5, 0.6) is 0 Å². The molecule has 6 heteroatoms. The Morgan fingerprint density at radius 1 is 1.13 bits per heavy atom. The number of aryl methyl sites for hydroxylation is 2. The molecular formula is C17H14N2O3S. The molecule has 0 atom stereocenters. The smallest absolute Gasteiger partial charge is 0.270 e. The van der Waals surface area contributed by atoms with Crippen LogP contribution in [-0.2, 0) is 9.59 Å². The summed E-state index contributed by atoms with van der Waals surface area (Å²) < 4.78 is 5.41. The number of thiocarbonyl (C=S) groups is 1. The second kappa shape index (κ2) is 5.81. The molecule has 0 spiro atoms. The van der Waals surface area contributed by atoms with Crippen LogP contribution in [0.3, 0.4) is 0 Å². The summed E-state index contributed by atoms with van der Waals surface area (Å²) in [5, 5.41) is 2.62. The summed E-state index contributed by atoms with van der Waals surface area (Å²) in [4.78, 5) is 26.2. The second-order valence-corrected chi connectivity index (χ2v) is 5.58. The van der Waals surface area contributed by atoms with Gasteiger partial charge >= 0.3 is 0 Å². The van der Waals surface area contributed by atoms with Crippen LogP contribution >= 0.6 is 12.2 Å². The number of carbonyl (C=O) groups is 2. The largest absolute Gasteiger partial charge is 0.462 e. The van der Waals surface area contributed by atoms with E-state index in [-0.39, 0.29) is 10.7 Å². The van der Waals surface area contributed by atoms with Gasteiger partial charge in [0, 0.05) is 0 Å². The molecule has 5 nitrogen and oxygen atoms in total. The first kappa shape index (κ1) is 15.2. The third-order valence-electron chi connectivity index (χ3n) is 3.51. The topological polar surface area (TPSA) is 62.6 Å². The van der Waals surface area contributed by atoms with Gasteiger partial charge in [0.25, 0.3) is 11.8 Å². The number of rotatable bonds is 2. The molecule has 1 N–H and O–H groups in total. The predicted octanol–water partition coefficient (Wildman–Crippen LogP) is 2.73. The number of hydrogen-bond acceptors (Lipinski definition) is 4. The van der Waals surface area contributed by atoms with E-state index in [4.69, 9.17) is 16.6 Å². The summed E-state index contributed by atoms with van der Waals surface area (Å²) in [5.41, 5.74) is 1.51. The van der Waals surface area contributed by atoms with Gasteiger partial charge in [-0.05, 0) is 55.9 Å². The molecule has 1 aliphatic rings. The zero-order valence-corrected chi connectivity index (χ0v) is 13.4. The Kier molecular flexibility index (Phi) is 3.83. The van der Waals surface area contributed by atoms with Crippen molar-refractivity contribution in [2.75, 3.05) is 4.90 Å². The highest BCUT2D eigenvalue weighted by Gasteiger charge is 2.35. The number of carbonyl (C=O) groups excluding carboxylic acids is 2. The number of furan rings is 1. The third-order valence-corrected chi connectivity index (χ3v) is 3.79. The SMILES string of the molecule is Cc1ccc(C=C2C(=O)NC(=S)N(c3ccccc3C)C2=O)o1. The molecule has 1 fully saturated rings. The Balaban J connectivity index is 2.04. The minimum Gasteiger partial charge on any atom is -0.462 e. The minimum absolute atomic E-state index is 0.0174. The highest BCUT2D eigenvalue weighted by atomic mass is 32.1. The number of benzene rings is 1. The Labute approximate surface area is 138 Å². The first-order chi connectivity index (χ1) is 11.0. The summed E-state index contributed by atoms with van der Waals surface area (Å²) in [5.74, 6) is 0.145. The predicted molar refractivity (Wildman–Crippen MR) is 90.8 cm³/mol. The average Bonchev–Trinajstić information content (AvgIpc) is 2.91. The Morgan fingerprint density at radius 3 is 2.52 bits per heavy atom. The van der Waals surface area contributed by atoms with Crippen molar-refractivity contribution in [3.05, 3.63) is 59.1 Å². The number of nitrogens with zero attached hydrogens (tertiary/aromatic N) is 1. The van der Waals surface area contributed by atoms with Crippen LogP contribution in [0.15, 0.2) is 46.4 Å². The Hall–Kier alpha value is -2.73. The molecule has 23 heavy (non-hydrogen) atoms. The molecule has 2 amide bonds. The van der Waals surface area contributed by atoms with Crippen LogP contribution in [0.1, 0.15) is 17.1 Å². The summed E-state index contributed by atoms with van der Waals surface area (Å²) in [6.45, 7) is 3.67. The van der Waals surface area contributed by atoms with Gasteiger partial charge in [0.15, 0.2) is 5.11 Å². The molecule has 0 radical (unpaired) electrons. The molecule has 3 rings (SSSR count). The van der Waals surface area contributed by atoms with E-state index in [1.165, 1.54) is 11.0 Å². The highest BCUT2D eigenvalue weighted by Crippen LogP contribution is 2.25. The van der Waals surface area contributed by atoms with Gasteiger partial charge in [0.2, 0.25) is 0 Å². The van der Waals surface area contributed by atoms with Crippen LogP contribution in [0, 0.1) is 13.8 Å². The van der Waals surface area contributed by atoms with Crippen LogP contribution in [0.2, 0.25) is 0 Å². The van der Waals surface area contributed by atoms with Gasteiger partial charge in [0.05, 0.1) is 5.69 Å². The summed E-state index contributed by atoms with van der Waals surface area (Å²) >= 11 is 5.17. The lowest BCUT2D eigenvalue weighted by Gasteiger charge is -2.29. The zero-order valence-electron chi connectivity index (χ0n) is 12.6. The molecule has 0 saturated carbocycles. The van der Waals surface area contributed by atoms with Crippen molar-refractivity contribution in [2.24, 2.45) is 0 Å². The van der Waals surface area contributed by atoms with Gasteiger partial charge in [0.1, 0.15) is 17.1 Å². The molecule has 0 aliphatic carbocycles. The van der Waals surface area contributed by atoms with Gasteiger partial charge < -0.3 is 4.42 Å². The van der Waals surface area contributed by atoms with Crippen molar-refractivity contribution in [3.8, 4) is 0 Å². The van der Waals surface area contributed by atoms with E-state index in [9.17, 15) is 9.59 Å². The van der Waals surface area contributed by atoms with E-state index in [0.717, 1.165) is 5.56 Å². The lowest BCUT2D eigenvalue weighted by molar-refractivity contribution is -0.122. The fourth-order valence-electron chi connectivity index (χ4n) is 2.36. The van der Waals surface area contributed by atoms with Gasteiger partial charge in [-0.1, -0.05) is 18.2 Å². The van der Waals surface area contributed by atoms with E-state index < -0.39 is 11.8 Å². The molecule has 1 aromatic heterocycles. The highest BCUT2D eigenvalue weighted by molar-refractivity contribution is 7.80. The molecule has 2 aromatic rings. The molecule has 116 valence electrons. The monoisotopic (exact) mass is 326 g/mol. The van der Waals surface area contributed by atoms with Gasteiger partial charge in [-0.25, -0.2) is 0 Å². The fourth-order valence-corrected chi connectivity index (χ4v) is 2.64. The summed E-state index contributed by atoms with van der Waals surface area (Å²) in [6.07, 6.45) is 1.43. The van der Waals surface area contributed by atoms with Crippen molar-refractivity contribution < 1.29 is 14.0 Å². The van der Waals surface area contributed by atoms with Crippen molar-refractivity contribution >= 4 is 40.9 Å². The Morgan fingerprint density at radius 2 is 1.87 bits per heavy atom. The first-order valence-electron chi connectivity index (χ1n) is 7.01. The van der Waals surface area contributed by atoms with E-state index in [2.05, 4.69) is 5.32 Å². The van der Waals surface area contributed by atoms with Crippen molar-refractivity contribution in [2.45, 2.75) is 13.8 Å². The number of amides is 2. The maximum atomic E-state index is 12.8. The number of nitrogens with one attached hydrogen (secondary N) is 1. The van der Waals surface area contributed by atoms with Crippen molar-refractivity contribution in [1.29, 1.82) is 0 Å².